The summed E-state index contributed by atoms with van der Waals surface area (Å²) in [6.07, 6.45) is 0. The molecular formula is C42H24O. The standard InChI is InChI=1S/C42H24O/c1-2-8-33-25(5-1)17-22-37-35-10-4-9-34-32(23-24-38(41(34)35)43-42(33)37)27-13-11-26(12-14-27)31-20-18-30-16-15-28-6-3-7-29-19-21-36(31)40(30)39(28)29/h1-24H. The van der Waals surface area contributed by atoms with Crippen molar-refractivity contribution < 1.29 is 4.74 Å². The van der Waals surface area contributed by atoms with E-state index in [1.54, 1.807) is 0 Å². The molecule has 0 spiro atoms. The van der Waals surface area contributed by atoms with E-state index in [0.29, 0.717) is 0 Å². The zero-order chi connectivity index (χ0) is 28.1. The highest BCUT2D eigenvalue weighted by Gasteiger charge is 2.23. The number of ether oxygens (including phenoxy) is 1. The van der Waals surface area contributed by atoms with Crippen LogP contribution in [-0.2, 0) is 0 Å². The maximum absolute atomic E-state index is 6.62. The number of fused-ring (bicyclic) bond motifs is 4. The van der Waals surface area contributed by atoms with Gasteiger partial charge in [0.2, 0.25) is 0 Å². The van der Waals surface area contributed by atoms with Gasteiger partial charge in [0.05, 0.1) is 0 Å². The van der Waals surface area contributed by atoms with Crippen LogP contribution in [0.15, 0.2) is 146 Å². The molecule has 198 valence electrons. The Morgan fingerprint density at radius 1 is 0.302 bits per heavy atom. The van der Waals surface area contributed by atoms with E-state index in [2.05, 4.69) is 146 Å². The van der Waals surface area contributed by atoms with Gasteiger partial charge >= 0.3 is 0 Å². The van der Waals surface area contributed by atoms with Crippen LogP contribution < -0.4 is 4.74 Å². The van der Waals surface area contributed by atoms with E-state index in [-0.39, 0.29) is 0 Å². The van der Waals surface area contributed by atoms with Crippen molar-refractivity contribution in [2.45, 2.75) is 0 Å². The van der Waals surface area contributed by atoms with Gasteiger partial charge in [-0.2, -0.15) is 0 Å². The third-order valence-corrected chi connectivity index (χ3v) is 9.42. The van der Waals surface area contributed by atoms with Crippen LogP contribution in [0.5, 0.6) is 11.5 Å². The van der Waals surface area contributed by atoms with Crippen molar-refractivity contribution in [3.63, 3.8) is 0 Å². The van der Waals surface area contributed by atoms with Gasteiger partial charge in [0.15, 0.2) is 0 Å². The smallest absolute Gasteiger partial charge is 0.143 e. The normalized spacial score (nSPS) is 12.4. The van der Waals surface area contributed by atoms with Crippen LogP contribution in [0.25, 0.3) is 87.2 Å². The van der Waals surface area contributed by atoms with Gasteiger partial charge in [-0.3, -0.25) is 0 Å². The van der Waals surface area contributed by atoms with Crippen molar-refractivity contribution in [1.29, 1.82) is 0 Å². The van der Waals surface area contributed by atoms with Gasteiger partial charge in [-0.05, 0) is 83.0 Å². The molecule has 0 saturated heterocycles. The van der Waals surface area contributed by atoms with E-state index >= 15 is 0 Å². The zero-order valence-electron chi connectivity index (χ0n) is 23.3. The zero-order valence-corrected chi connectivity index (χ0v) is 23.3. The molecule has 9 aromatic rings. The summed E-state index contributed by atoms with van der Waals surface area (Å²) >= 11 is 0. The van der Waals surface area contributed by atoms with E-state index in [4.69, 9.17) is 4.74 Å². The van der Waals surface area contributed by atoms with E-state index in [1.165, 1.54) is 76.3 Å². The first-order chi connectivity index (χ1) is 21.3. The summed E-state index contributed by atoms with van der Waals surface area (Å²) in [5, 5.41) is 12.6. The quantitative estimate of drug-likeness (QED) is 0.197. The fourth-order valence-electron chi connectivity index (χ4n) is 7.43. The third kappa shape index (κ3) is 3.17. The highest BCUT2D eigenvalue weighted by Crippen LogP contribution is 2.51. The Morgan fingerprint density at radius 2 is 0.860 bits per heavy atom. The number of hydrogen-bond acceptors (Lipinski definition) is 1. The molecule has 43 heavy (non-hydrogen) atoms. The fraction of sp³-hybridized carbons (Fsp3) is 0. The van der Waals surface area contributed by atoms with Crippen molar-refractivity contribution in [2.75, 3.05) is 0 Å². The SMILES string of the molecule is c1ccc2c3c(ccc2c1)-c1cccc2c(-c4ccc(-c5ccc6ccc7cccc8ccc5c6c78)cc4)ccc(c12)O3. The first kappa shape index (κ1) is 23.0. The summed E-state index contributed by atoms with van der Waals surface area (Å²) in [6.45, 7) is 0. The molecule has 1 heterocycles. The van der Waals surface area contributed by atoms with Gasteiger partial charge in [-0.25, -0.2) is 0 Å². The summed E-state index contributed by atoms with van der Waals surface area (Å²) in [7, 11) is 0. The fourth-order valence-corrected chi connectivity index (χ4v) is 7.43. The second-order valence-corrected chi connectivity index (χ2v) is 11.7. The molecule has 0 fully saturated rings. The number of rotatable bonds is 2. The maximum atomic E-state index is 6.62. The molecule has 0 bridgehead atoms. The number of benzene rings is 9. The Labute approximate surface area is 248 Å². The lowest BCUT2D eigenvalue weighted by Gasteiger charge is -2.24. The highest BCUT2D eigenvalue weighted by atomic mass is 16.5. The molecule has 1 nitrogen and oxygen atoms in total. The van der Waals surface area contributed by atoms with Gasteiger partial charge in [-0.15, -0.1) is 0 Å². The molecule has 0 aliphatic carbocycles. The van der Waals surface area contributed by atoms with E-state index in [9.17, 15) is 0 Å². The molecule has 1 heteroatoms. The lowest BCUT2D eigenvalue weighted by molar-refractivity contribution is 0.493. The average molecular weight is 545 g/mol. The van der Waals surface area contributed by atoms with E-state index < -0.39 is 0 Å². The van der Waals surface area contributed by atoms with E-state index in [1.807, 2.05) is 0 Å². The molecule has 9 aromatic carbocycles. The molecular weight excluding hydrogens is 520 g/mol. The van der Waals surface area contributed by atoms with Crippen LogP contribution in [0.1, 0.15) is 0 Å². The molecule has 0 saturated carbocycles. The summed E-state index contributed by atoms with van der Waals surface area (Å²) in [6, 6.07) is 53.1. The second-order valence-electron chi connectivity index (χ2n) is 11.7. The summed E-state index contributed by atoms with van der Waals surface area (Å²) in [5.41, 5.74) is 7.30. The van der Waals surface area contributed by atoms with Crippen LogP contribution in [0, 0.1) is 0 Å². The largest absolute Gasteiger partial charge is 0.455 e. The molecule has 0 radical (unpaired) electrons. The average Bonchev–Trinajstić information content (AvgIpc) is 3.07. The van der Waals surface area contributed by atoms with Crippen LogP contribution in [0.4, 0.5) is 0 Å². The number of hydrogen-bond donors (Lipinski definition) is 0. The molecule has 0 amide bonds. The van der Waals surface area contributed by atoms with Crippen molar-refractivity contribution in [2.24, 2.45) is 0 Å². The Morgan fingerprint density at radius 3 is 1.67 bits per heavy atom. The molecule has 0 unspecified atom stereocenters. The Kier molecular flexibility index (Phi) is 4.51. The minimum Gasteiger partial charge on any atom is -0.455 e. The molecule has 0 aromatic heterocycles. The second kappa shape index (κ2) is 8.44. The summed E-state index contributed by atoms with van der Waals surface area (Å²) < 4.78 is 6.62. The van der Waals surface area contributed by atoms with Gasteiger partial charge in [-0.1, -0.05) is 133 Å². The van der Waals surface area contributed by atoms with Gasteiger partial charge in [0, 0.05) is 16.3 Å². The third-order valence-electron chi connectivity index (χ3n) is 9.42. The van der Waals surface area contributed by atoms with Crippen LogP contribution in [-0.4, -0.2) is 0 Å². The van der Waals surface area contributed by atoms with Crippen LogP contribution in [0.2, 0.25) is 0 Å². The lowest BCUT2D eigenvalue weighted by atomic mass is 9.88. The minimum atomic E-state index is 0.920. The summed E-state index contributed by atoms with van der Waals surface area (Å²) in [5.74, 6) is 1.87. The van der Waals surface area contributed by atoms with E-state index in [0.717, 1.165) is 22.4 Å². The minimum absolute atomic E-state index is 0.920. The van der Waals surface area contributed by atoms with Crippen molar-refractivity contribution >= 4 is 53.9 Å². The predicted octanol–water partition coefficient (Wildman–Crippen LogP) is 12.0. The van der Waals surface area contributed by atoms with Gasteiger partial charge in [0.25, 0.3) is 0 Å². The van der Waals surface area contributed by atoms with Crippen LogP contribution >= 0.6 is 0 Å². The van der Waals surface area contributed by atoms with Crippen molar-refractivity contribution in [3.05, 3.63) is 146 Å². The van der Waals surface area contributed by atoms with Crippen LogP contribution in [0.3, 0.4) is 0 Å². The topological polar surface area (TPSA) is 9.23 Å². The van der Waals surface area contributed by atoms with Crippen molar-refractivity contribution in [1.82, 2.24) is 0 Å². The molecule has 10 rings (SSSR count). The maximum Gasteiger partial charge on any atom is 0.143 e. The highest BCUT2D eigenvalue weighted by molar-refractivity contribution is 6.25. The molecule has 1 aliphatic heterocycles. The monoisotopic (exact) mass is 544 g/mol. The Bertz CT molecular complexity index is 2560. The Balaban J connectivity index is 1.12. The molecule has 0 atom stereocenters. The Hall–Kier alpha value is -5.66. The lowest BCUT2D eigenvalue weighted by Crippen LogP contribution is -1.98. The molecule has 0 N–H and O–H groups in total. The van der Waals surface area contributed by atoms with Gasteiger partial charge in [0.1, 0.15) is 11.5 Å². The predicted molar refractivity (Wildman–Crippen MR) is 182 cm³/mol. The first-order valence-corrected chi connectivity index (χ1v) is 14.8. The molecule has 1 aliphatic rings. The van der Waals surface area contributed by atoms with Crippen molar-refractivity contribution in [3.8, 4) is 44.9 Å². The van der Waals surface area contributed by atoms with Gasteiger partial charge < -0.3 is 4.74 Å². The first-order valence-electron chi connectivity index (χ1n) is 14.8. The summed E-state index contributed by atoms with van der Waals surface area (Å²) in [4.78, 5) is 0.